The molecular formula is C15H14ClN3O2. The topological polar surface area (TPSA) is 74.6 Å². The van der Waals surface area contributed by atoms with E-state index in [0.717, 1.165) is 0 Å². The molecule has 1 heterocycles. The van der Waals surface area contributed by atoms with Crippen molar-refractivity contribution in [2.75, 3.05) is 0 Å². The number of carbonyl (C=O) groups excluding carboxylic acids is 1. The van der Waals surface area contributed by atoms with Crippen molar-refractivity contribution < 1.29 is 9.90 Å². The van der Waals surface area contributed by atoms with E-state index in [0.29, 0.717) is 22.0 Å². The Labute approximate surface area is 127 Å². The van der Waals surface area contributed by atoms with Crippen LogP contribution < -0.4 is 5.43 Å². The minimum Gasteiger partial charge on any atom is -0.508 e. The summed E-state index contributed by atoms with van der Waals surface area (Å²) < 4.78 is 0. The number of rotatable bonds is 4. The fraction of sp³-hybridized carbons (Fsp3) is 0.133. The van der Waals surface area contributed by atoms with E-state index in [2.05, 4.69) is 15.5 Å². The quantitative estimate of drug-likeness (QED) is 0.673. The molecule has 0 fully saturated rings. The lowest BCUT2D eigenvalue weighted by Crippen LogP contribution is -2.21. The molecule has 0 saturated heterocycles. The van der Waals surface area contributed by atoms with E-state index < -0.39 is 0 Å². The molecule has 0 aliphatic carbocycles. The zero-order chi connectivity index (χ0) is 15.2. The van der Waals surface area contributed by atoms with Crippen molar-refractivity contribution in [3.8, 4) is 5.75 Å². The molecule has 0 atom stereocenters. The van der Waals surface area contributed by atoms with Gasteiger partial charge in [-0.05, 0) is 37.3 Å². The molecule has 0 unspecified atom stereocenters. The maximum absolute atomic E-state index is 11.8. The van der Waals surface area contributed by atoms with Crippen molar-refractivity contribution in [2.24, 2.45) is 5.10 Å². The summed E-state index contributed by atoms with van der Waals surface area (Å²) in [5.74, 6) is -0.317. The van der Waals surface area contributed by atoms with Gasteiger partial charge in [-0.2, -0.15) is 5.10 Å². The molecule has 0 bridgehead atoms. The van der Waals surface area contributed by atoms with Gasteiger partial charge in [-0.25, -0.2) is 5.43 Å². The Morgan fingerprint density at radius 3 is 2.90 bits per heavy atom. The zero-order valence-corrected chi connectivity index (χ0v) is 12.1. The van der Waals surface area contributed by atoms with Crippen LogP contribution in [0.3, 0.4) is 0 Å². The summed E-state index contributed by atoms with van der Waals surface area (Å²) in [5, 5.41) is 14.1. The Balaban J connectivity index is 2.01. The second kappa shape index (κ2) is 6.85. The highest BCUT2D eigenvalue weighted by atomic mass is 35.5. The van der Waals surface area contributed by atoms with Gasteiger partial charge in [-0.1, -0.05) is 17.7 Å². The number of aromatic nitrogens is 1. The van der Waals surface area contributed by atoms with Crippen LogP contribution in [0.2, 0.25) is 5.02 Å². The molecule has 0 radical (unpaired) electrons. The molecule has 2 rings (SSSR count). The summed E-state index contributed by atoms with van der Waals surface area (Å²) >= 11 is 5.83. The lowest BCUT2D eigenvalue weighted by Gasteiger charge is -2.05. The summed E-state index contributed by atoms with van der Waals surface area (Å²) in [5.41, 5.74) is 4.16. The molecule has 2 N–H and O–H groups in total. The zero-order valence-electron chi connectivity index (χ0n) is 11.4. The molecule has 5 nitrogen and oxygen atoms in total. The van der Waals surface area contributed by atoms with Crippen LogP contribution in [0.15, 0.2) is 47.7 Å². The summed E-state index contributed by atoms with van der Waals surface area (Å²) in [7, 11) is 0. The fourth-order valence-electron chi connectivity index (χ4n) is 1.69. The van der Waals surface area contributed by atoms with Crippen molar-refractivity contribution in [2.45, 2.75) is 13.3 Å². The number of phenols is 1. The number of pyridine rings is 1. The predicted molar refractivity (Wildman–Crippen MR) is 81.4 cm³/mol. The molecular weight excluding hydrogens is 290 g/mol. The minimum atomic E-state index is -0.345. The molecule has 1 aromatic carbocycles. The van der Waals surface area contributed by atoms with E-state index in [1.165, 1.54) is 6.07 Å². The normalized spacial score (nSPS) is 11.2. The number of hydrogen-bond donors (Lipinski definition) is 2. The van der Waals surface area contributed by atoms with Gasteiger partial charge in [0.05, 0.1) is 17.8 Å². The van der Waals surface area contributed by atoms with E-state index in [1.54, 1.807) is 37.4 Å². The lowest BCUT2D eigenvalue weighted by atomic mass is 10.1. The third kappa shape index (κ3) is 4.29. The second-order valence-corrected chi connectivity index (χ2v) is 4.83. The number of aromatic hydroxyl groups is 1. The van der Waals surface area contributed by atoms with Crippen molar-refractivity contribution >= 4 is 23.2 Å². The Morgan fingerprint density at radius 2 is 2.19 bits per heavy atom. The van der Waals surface area contributed by atoms with Crippen molar-refractivity contribution in [1.29, 1.82) is 0 Å². The molecule has 0 saturated carbocycles. The third-order valence-corrected chi connectivity index (χ3v) is 3.01. The molecule has 0 spiro atoms. The van der Waals surface area contributed by atoms with Gasteiger partial charge in [-0.3, -0.25) is 9.78 Å². The number of phenolic OH excluding ortho intramolecular Hbond substituents is 1. The molecule has 108 valence electrons. The van der Waals surface area contributed by atoms with Crippen molar-refractivity contribution in [1.82, 2.24) is 10.4 Å². The van der Waals surface area contributed by atoms with E-state index >= 15 is 0 Å². The van der Waals surface area contributed by atoms with E-state index in [-0.39, 0.29) is 18.1 Å². The van der Waals surface area contributed by atoms with Crippen LogP contribution in [-0.4, -0.2) is 21.7 Å². The van der Waals surface area contributed by atoms with Crippen LogP contribution in [0, 0.1) is 0 Å². The van der Waals surface area contributed by atoms with Crippen LogP contribution in [0.25, 0.3) is 0 Å². The van der Waals surface area contributed by atoms with Crippen LogP contribution >= 0.6 is 11.6 Å². The van der Waals surface area contributed by atoms with Gasteiger partial charge >= 0.3 is 0 Å². The largest absolute Gasteiger partial charge is 0.508 e. The number of nitrogens with zero attached hydrogens (tertiary/aromatic N) is 2. The lowest BCUT2D eigenvalue weighted by molar-refractivity contribution is -0.120. The minimum absolute atomic E-state index is 0.00854. The summed E-state index contributed by atoms with van der Waals surface area (Å²) in [6.45, 7) is 1.75. The number of hydrazone groups is 1. The van der Waals surface area contributed by atoms with Gasteiger partial charge < -0.3 is 5.11 Å². The van der Waals surface area contributed by atoms with Gasteiger partial charge in [0.15, 0.2) is 0 Å². The average Bonchev–Trinajstić information content (AvgIpc) is 2.49. The van der Waals surface area contributed by atoms with Gasteiger partial charge in [0, 0.05) is 16.8 Å². The highest BCUT2D eigenvalue weighted by Gasteiger charge is 2.08. The van der Waals surface area contributed by atoms with Gasteiger partial charge in [-0.15, -0.1) is 0 Å². The highest BCUT2D eigenvalue weighted by Crippen LogP contribution is 2.21. The van der Waals surface area contributed by atoms with Crippen LogP contribution in [0.4, 0.5) is 0 Å². The number of nitrogens with one attached hydrogen (secondary N) is 1. The molecule has 6 heteroatoms. The molecule has 0 aliphatic rings. The average molecular weight is 304 g/mol. The summed E-state index contributed by atoms with van der Waals surface area (Å²) in [6.07, 6.45) is 1.64. The number of benzene rings is 1. The molecule has 1 aromatic heterocycles. The first-order valence-corrected chi connectivity index (χ1v) is 6.66. The fourth-order valence-corrected chi connectivity index (χ4v) is 1.88. The maximum atomic E-state index is 11.8. The van der Waals surface area contributed by atoms with Crippen LogP contribution in [-0.2, 0) is 11.2 Å². The third-order valence-electron chi connectivity index (χ3n) is 2.78. The van der Waals surface area contributed by atoms with Crippen LogP contribution in [0.1, 0.15) is 18.2 Å². The Morgan fingerprint density at radius 1 is 1.38 bits per heavy atom. The van der Waals surface area contributed by atoms with Gasteiger partial charge in [0.1, 0.15) is 5.75 Å². The summed E-state index contributed by atoms with van der Waals surface area (Å²) in [4.78, 5) is 15.9. The SMILES string of the molecule is CC(=NNC(=O)Cc1cc(Cl)ccc1O)c1ccccn1. The smallest absolute Gasteiger partial charge is 0.244 e. The van der Waals surface area contributed by atoms with Gasteiger partial charge in [0.25, 0.3) is 0 Å². The number of amides is 1. The first kappa shape index (κ1) is 15.0. The predicted octanol–water partition coefficient (Wildman–Crippen LogP) is 2.52. The standard InChI is InChI=1S/C15H14ClN3O2/c1-10(13-4-2-3-7-17-13)18-19-15(21)9-11-8-12(16)5-6-14(11)20/h2-8,20H,9H2,1H3,(H,19,21). The highest BCUT2D eigenvalue weighted by molar-refractivity contribution is 6.30. The Hall–Kier alpha value is -2.40. The van der Waals surface area contributed by atoms with E-state index in [4.69, 9.17) is 11.6 Å². The number of hydrogen-bond acceptors (Lipinski definition) is 4. The van der Waals surface area contributed by atoms with Gasteiger partial charge in [0.2, 0.25) is 5.91 Å². The molecule has 21 heavy (non-hydrogen) atoms. The summed E-state index contributed by atoms with van der Waals surface area (Å²) in [6, 6.07) is 10.00. The number of carbonyl (C=O) groups is 1. The first-order valence-electron chi connectivity index (χ1n) is 6.28. The maximum Gasteiger partial charge on any atom is 0.244 e. The molecule has 2 aromatic rings. The monoisotopic (exact) mass is 303 g/mol. The second-order valence-electron chi connectivity index (χ2n) is 4.40. The van der Waals surface area contributed by atoms with Crippen molar-refractivity contribution in [3.63, 3.8) is 0 Å². The van der Waals surface area contributed by atoms with E-state index in [9.17, 15) is 9.90 Å². The Kier molecular flexibility index (Phi) is 4.90. The molecule has 0 aliphatic heterocycles. The van der Waals surface area contributed by atoms with E-state index in [1.807, 2.05) is 6.07 Å². The Bertz CT molecular complexity index is 672. The number of halogens is 1. The molecule has 1 amide bonds. The van der Waals surface area contributed by atoms with Crippen molar-refractivity contribution in [3.05, 3.63) is 58.9 Å². The van der Waals surface area contributed by atoms with Crippen LogP contribution in [0.5, 0.6) is 5.75 Å². The first-order chi connectivity index (χ1) is 10.1.